The van der Waals surface area contributed by atoms with Gasteiger partial charge in [0, 0.05) is 18.5 Å². The maximum absolute atomic E-state index is 13.7. The van der Waals surface area contributed by atoms with E-state index in [1.165, 1.54) is 12.1 Å². The molecule has 0 radical (unpaired) electrons. The summed E-state index contributed by atoms with van der Waals surface area (Å²) in [7, 11) is 0. The van der Waals surface area contributed by atoms with E-state index < -0.39 is 0 Å². The molecule has 0 saturated carbocycles. The van der Waals surface area contributed by atoms with E-state index in [4.69, 9.17) is 11.6 Å². The van der Waals surface area contributed by atoms with Crippen molar-refractivity contribution in [1.82, 2.24) is 14.5 Å². The second-order valence-electron chi connectivity index (χ2n) is 5.09. The van der Waals surface area contributed by atoms with Crippen molar-refractivity contribution in [2.75, 3.05) is 5.88 Å². The monoisotopic (exact) mass is 303 g/mol. The molecule has 21 heavy (non-hydrogen) atoms. The van der Waals surface area contributed by atoms with Gasteiger partial charge in [0.2, 0.25) is 0 Å². The number of fused-ring (bicyclic) bond motifs is 1. The zero-order valence-electron chi connectivity index (χ0n) is 11.9. The van der Waals surface area contributed by atoms with Gasteiger partial charge in [-0.05, 0) is 49.2 Å². The topological polar surface area (TPSA) is 30.7 Å². The second kappa shape index (κ2) is 5.45. The van der Waals surface area contributed by atoms with Crippen LogP contribution in [-0.2, 0) is 6.42 Å². The van der Waals surface area contributed by atoms with Crippen LogP contribution < -0.4 is 0 Å². The Morgan fingerprint density at radius 3 is 2.76 bits per heavy atom. The number of nitrogens with zero attached hydrogens (tertiary/aromatic N) is 3. The zero-order chi connectivity index (χ0) is 15.0. The lowest BCUT2D eigenvalue weighted by Gasteiger charge is -2.09. The van der Waals surface area contributed by atoms with E-state index in [0.29, 0.717) is 12.3 Å². The Morgan fingerprint density at radius 1 is 1.24 bits per heavy atom. The molecule has 0 atom stereocenters. The number of rotatable bonds is 3. The Balaban J connectivity index is 2.33. The highest BCUT2D eigenvalue weighted by Gasteiger charge is 2.15. The molecule has 3 nitrogen and oxygen atoms in total. The van der Waals surface area contributed by atoms with E-state index in [1.807, 2.05) is 30.5 Å². The molecule has 108 valence electrons. The third-order valence-corrected chi connectivity index (χ3v) is 3.61. The van der Waals surface area contributed by atoms with Gasteiger partial charge in [0.25, 0.3) is 0 Å². The number of alkyl halides is 1. The van der Waals surface area contributed by atoms with Crippen LogP contribution in [-0.4, -0.2) is 20.4 Å². The first kappa shape index (κ1) is 14.0. The molecule has 0 spiro atoms. The predicted octanol–water partition coefficient (Wildman–Crippen LogP) is 3.96. The summed E-state index contributed by atoms with van der Waals surface area (Å²) in [6.45, 7) is 3.86. The molecular weight excluding hydrogens is 289 g/mol. The van der Waals surface area contributed by atoms with Gasteiger partial charge in [-0.25, -0.2) is 14.4 Å². The lowest BCUT2D eigenvalue weighted by atomic mass is 10.2. The normalized spacial score (nSPS) is 11.2. The van der Waals surface area contributed by atoms with Crippen LogP contribution in [0.5, 0.6) is 0 Å². The quantitative estimate of drug-likeness (QED) is 0.686. The summed E-state index contributed by atoms with van der Waals surface area (Å²) in [5.41, 5.74) is 4.20. The molecule has 3 aromatic rings. The first-order valence-electron chi connectivity index (χ1n) is 6.76. The maximum atomic E-state index is 13.7. The molecule has 0 unspecified atom stereocenters. The van der Waals surface area contributed by atoms with Crippen LogP contribution in [0.3, 0.4) is 0 Å². The van der Waals surface area contributed by atoms with Crippen molar-refractivity contribution < 1.29 is 4.39 Å². The third kappa shape index (κ3) is 2.51. The number of halogens is 2. The largest absolute Gasteiger partial charge is 0.281 e. The molecule has 2 aromatic heterocycles. The highest BCUT2D eigenvalue weighted by Crippen LogP contribution is 2.24. The van der Waals surface area contributed by atoms with Crippen molar-refractivity contribution in [3.63, 3.8) is 0 Å². The Bertz CT molecular complexity index is 790. The molecule has 0 aliphatic carbocycles. The van der Waals surface area contributed by atoms with E-state index in [0.717, 1.165) is 33.8 Å². The molecule has 0 bridgehead atoms. The minimum atomic E-state index is -0.267. The number of aryl methyl sites for hydroxylation is 3. The first-order chi connectivity index (χ1) is 10.1. The highest BCUT2D eigenvalue weighted by atomic mass is 35.5. The lowest BCUT2D eigenvalue weighted by Crippen LogP contribution is -2.04. The average Bonchev–Trinajstić information content (AvgIpc) is 2.78. The highest BCUT2D eigenvalue weighted by molar-refractivity contribution is 6.17. The number of hydrogen-bond acceptors (Lipinski definition) is 2. The number of imidazole rings is 1. The number of benzene rings is 1. The van der Waals surface area contributed by atoms with Crippen LogP contribution in [0.15, 0.2) is 30.5 Å². The molecule has 3 rings (SSSR count). The minimum Gasteiger partial charge on any atom is -0.281 e. The third-order valence-electron chi connectivity index (χ3n) is 3.42. The molecule has 0 aliphatic heterocycles. The predicted molar refractivity (Wildman–Crippen MR) is 82.7 cm³/mol. The molecule has 0 saturated heterocycles. The smallest absolute Gasteiger partial charge is 0.164 e. The molecule has 0 fully saturated rings. The molecular formula is C16H15ClFN3. The number of pyridine rings is 1. The molecule has 1 aromatic carbocycles. The fraction of sp³-hybridized carbons (Fsp3) is 0.250. The van der Waals surface area contributed by atoms with Gasteiger partial charge >= 0.3 is 0 Å². The number of aromatic nitrogens is 3. The van der Waals surface area contributed by atoms with Crippen LogP contribution in [0.4, 0.5) is 4.39 Å². The zero-order valence-corrected chi connectivity index (χ0v) is 12.7. The van der Waals surface area contributed by atoms with Gasteiger partial charge in [-0.2, -0.15) is 0 Å². The van der Waals surface area contributed by atoms with Crippen molar-refractivity contribution in [2.45, 2.75) is 20.3 Å². The van der Waals surface area contributed by atoms with Crippen molar-refractivity contribution in [2.24, 2.45) is 0 Å². The van der Waals surface area contributed by atoms with Gasteiger partial charge in [0.1, 0.15) is 17.2 Å². The van der Waals surface area contributed by atoms with Crippen LogP contribution in [0, 0.1) is 19.7 Å². The van der Waals surface area contributed by atoms with Gasteiger partial charge in [0.15, 0.2) is 5.65 Å². The van der Waals surface area contributed by atoms with E-state index in [9.17, 15) is 4.39 Å². The fourth-order valence-electron chi connectivity index (χ4n) is 2.51. The summed E-state index contributed by atoms with van der Waals surface area (Å²) in [6.07, 6.45) is 2.35. The Morgan fingerprint density at radius 2 is 2.05 bits per heavy atom. The number of hydrogen-bond donors (Lipinski definition) is 0. The Labute approximate surface area is 127 Å². The molecule has 0 amide bonds. The average molecular weight is 304 g/mol. The second-order valence-corrected chi connectivity index (χ2v) is 5.47. The van der Waals surface area contributed by atoms with E-state index in [-0.39, 0.29) is 5.82 Å². The molecule has 0 aliphatic rings. The maximum Gasteiger partial charge on any atom is 0.164 e. The van der Waals surface area contributed by atoms with Crippen molar-refractivity contribution in [1.29, 1.82) is 0 Å². The summed E-state index contributed by atoms with van der Waals surface area (Å²) in [5.74, 6) is 0.986. The standard InChI is InChI=1S/C16H15ClFN3/c1-10-7-12(18)9-13(8-10)21-14(3-5-17)20-15-11(2)4-6-19-16(15)21/h4,6-9H,3,5H2,1-2H3. The summed E-state index contributed by atoms with van der Waals surface area (Å²) in [5, 5.41) is 0. The summed E-state index contributed by atoms with van der Waals surface area (Å²) >= 11 is 5.88. The van der Waals surface area contributed by atoms with Gasteiger partial charge in [-0.1, -0.05) is 0 Å². The van der Waals surface area contributed by atoms with E-state index in [1.54, 1.807) is 6.20 Å². The van der Waals surface area contributed by atoms with Crippen molar-refractivity contribution >= 4 is 22.8 Å². The fourth-order valence-corrected chi connectivity index (χ4v) is 2.68. The van der Waals surface area contributed by atoms with Crippen LogP contribution >= 0.6 is 11.6 Å². The molecule has 5 heteroatoms. The van der Waals surface area contributed by atoms with Crippen molar-refractivity contribution in [3.05, 3.63) is 53.2 Å². The van der Waals surface area contributed by atoms with Gasteiger partial charge < -0.3 is 0 Å². The minimum absolute atomic E-state index is 0.267. The molecule has 2 heterocycles. The SMILES string of the molecule is Cc1cc(F)cc(-n2c(CCCl)nc3c(C)ccnc32)c1. The van der Waals surface area contributed by atoms with Crippen LogP contribution in [0.25, 0.3) is 16.9 Å². The van der Waals surface area contributed by atoms with Gasteiger partial charge in [0.05, 0.1) is 5.69 Å². The van der Waals surface area contributed by atoms with Gasteiger partial charge in [-0.3, -0.25) is 4.57 Å². The molecule has 0 N–H and O–H groups in total. The van der Waals surface area contributed by atoms with Crippen molar-refractivity contribution in [3.8, 4) is 5.69 Å². The van der Waals surface area contributed by atoms with E-state index >= 15 is 0 Å². The summed E-state index contributed by atoms with van der Waals surface area (Å²) in [6, 6.07) is 6.84. The lowest BCUT2D eigenvalue weighted by molar-refractivity contribution is 0.625. The van der Waals surface area contributed by atoms with E-state index in [2.05, 4.69) is 9.97 Å². The first-order valence-corrected chi connectivity index (χ1v) is 7.30. The Hall–Kier alpha value is -1.94. The Kier molecular flexibility index (Phi) is 3.64. The van der Waals surface area contributed by atoms with Crippen LogP contribution in [0.1, 0.15) is 17.0 Å². The summed E-state index contributed by atoms with van der Waals surface area (Å²) in [4.78, 5) is 9.05. The summed E-state index contributed by atoms with van der Waals surface area (Å²) < 4.78 is 15.6. The van der Waals surface area contributed by atoms with Crippen LogP contribution in [0.2, 0.25) is 0 Å². The van der Waals surface area contributed by atoms with Gasteiger partial charge in [-0.15, -0.1) is 11.6 Å².